The van der Waals surface area contributed by atoms with Gasteiger partial charge in [-0.25, -0.2) is 9.07 Å². The Morgan fingerprint density at radius 2 is 2.18 bits per heavy atom. The maximum atomic E-state index is 13.5. The molecule has 17 heavy (non-hydrogen) atoms. The highest BCUT2D eigenvalue weighted by Gasteiger charge is 2.09. The number of hydrogen-bond acceptors (Lipinski definition) is 3. The Morgan fingerprint density at radius 3 is 2.76 bits per heavy atom. The van der Waals surface area contributed by atoms with Crippen LogP contribution in [0.3, 0.4) is 0 Å². The van der Waals surface area contributed by atoms with Crippen molar-refractivity contribution in [1.82, 2.24) is 15.0 Å². The van der Waals surface area contributed by atoms with Gasteiger partial charge in [0.15, 0.2) is 0 Å². The zero-order valence-corrected chi connectivity index (χ0v) is 9.76. The molecule has 0 aliphatic carbocycles. The summed E-state index contributed by atoms with van der Waals surface area (Å²) in [6, 6.07) is 4.80. The number of nitrogens with zero attached hydrogens (tertiary/aromatic N) is 3. The standard InChI is InChI=1S/C12H14FN3O/c1-8(2)11-5-10(3-4-12(11)13)16-6-9(7-17)14-15-16/h3-6,8,17H,7H2,1-2H3. The SMILES string of the molecule is CC(C)c1cc(-n2cc(CO)nn2)ccc1F. The van der Waals surface area contributed by atoms with E-state index in [0.717, 1.165) is 5.69 Å². The number of aliphatic hydroxyl groups is 1. The topological polar surface area (TPSA) is 50.9 Å². The molecule has 0 aliphatic rings. The average Bonchev–Trinajstić information content (AvgIpc) is 2.78. The first-order valence-corrected chi connectivity index (χ1v) is 5.43. The van der Waals surface area contributed by atoms with Crippen LogP contribution in [0.2, 0.25) is 0 Å². The van der Waals surface area contributed by atoms with Gasteiger partial charge in [-0.2, -0.15) is 0 Å². The quantitative estimate of drug-likeness (QED) is 0.885. The monoisotopic (exact) mass is 235 g/mol. The summed E-state index contributed by atoms with van der Waals surface area (Å²) in [5.41, 5.74) is 1.87. The van der Waals surface area contributed by atoms with Crippen LogP contribution in [-0.2, 0) is 6.61 Å². The molecular weight excluding hydrogens is 221 g/mol. The molecule has 0 spiro atoms. The fourth-order valence-electron chi connectivity index (χ4n) is 1.61. The van der Waals surface area contributed by atoms with Crippen LogP contribution in [-0.4, -0.2) is 20.1 Å². The Labute approximate surface area is 98.7 Å². The molecule has 5 heteroatoms. The van der Waals surface area contributed by atoms with E-state index in [2.05, 4.69) is 10.3 Å². The van der Waals surface area contributed by atoms with Gasteiger partial charge in [0.2, 0.25) is 0 Å². The molecule has 90 valence electrons. The van der Waals surface area contributed by atoms with Crippen molar-refractivity contribution in [1.29, 1.82) is 0 Å². The van der Waals surface area contributed by atoms with Crippen molar-refractivity contribution in [2.45, 2.75) is 26.4 Å². The normalized spacial score (nSPS) is 11.1. The molecule has 0 saturated carbocycles. The second kappa shape index (κ2) is 4.63. The maximum absolute atomic E-state index is 13.5. The van der Waals surface area contributed by atoms with Crippen LogP contribution in [0.1, 0.15) is 31.0 Å². The van der Waals surface area contributed by atoms with E-state index in [1.807, 2.05) is 13.8 Å². The van der Waals surface area contributed by atoms with E-state index in [4.69, 9.17) is 5.11 Å². The third-order valence-corrected chi connectivity index (χ3v) is 2.57. The Hall–Kier alpha value is -1.75. The largest absolute Gasteiger partial charge is 0.390 e. The highest BCUT2D eigenvalue weighted by Crippen LogP contribution is 2.21. The van der Waals surface area contributed by atoms with Gasteiger partial charge in [0.25, 0.3) is 0 Å². The predicted octanol–water partition coefficient (Wildman–Crippen LogP) is 2.02. The van der Waals surface area contributed by atoms with E-state index in [1.54, 1.807) is 18.3 Å². The van der Waals surface area contributed by atoms with Crippen molar-refractivity contribution >= 4 is 0 Å². The summed E-state index contributed by atoms with van der Waals surface area (Å²) in [5, 5.41) is 16.6. The number of aromatic nitrogens is 3. The number of aliphatic hydroxyl groups excluding tert-OH is 1. The van der Waals surface area contributed by atoms with Crippen molar-refractivity contribution in [3.63, 3.8) is 0 Å². The molecule has 0 atom stereocenters. The zero-order chi connectivity index (χ0) is 12.4. The molecule has 0 unspecified atom stereocenters. The lowest BCUT2D eigenvalue weighted by atomic mass is 10.0. The van der Waals surface area contributed by atoms with Gasteiger partial charge in [-0.3, -0.25) is 0 Å². The molecule has 0 fully saturated rings. The Bertz CT molecular complexity index is 522. The van der Waals surface area contributed by atoms with Crippen molar-refractivity contribution < 1.29 is 9.50 Å². The maximum Gasteiger partial charge on any atom is 0.126 e. The predicted molar refractivity (Wildman–Crippen MR) is 61.3 cm³/mol. The van der Waals surface area contributed by atoms with Gasteiger partial charge in [0, 0.05) is 0 Å². The summed E-state index contributed by atoms with van der Waals surface area (Å²) in [7, 11) is 0. The van der Waals surface area contributed by atoms with Crippen molar-refractivity contribution in [2.75, 3.05) is 0 Å². The van der Waals surface area contributed by atoms with Gasteiger partial charge in [-0.05, 0) is 29.7 Å². The molecule has 1 aromatic carbocycles. The van der Waals surface area contributed by atoms with Crippen LogP contribution in [0.25, 0.3) is 5.69 Å². The molecule has 0 amide bonds. The molecule has 1 N–H and O–H groups in total. The first-order chi connectivity index (χ1) is 8.11. The molecular formula is C12H14FN3O. The third-order valence-electron chi connectivity index (χ3n) is 2.57. The highest BCUT2D eigenvalue weighted by atomic mass is 19.1. The lowest BCUT2D eigenvalue weighted by Crippen LogP contribution is -1.99. The third kappa shape index (κ3) is 2.34. The number of halogens is 1. The first kappa shape index (κ1) is 11.7. The van der Waals surface area contributed by atoms with Gasteiger partial charge in [-0.15, -0.1) is 5.10 Å². The molecule has 0 radical (unpaired) electrons. The Morgan fingerprint density at radius 1 is 1.41 bits per heavy atom. The second-order valence-electron chi connectivity index (χ2n) is 4.17. The summed E-state index contributed by atoms with van der Waals surface area (Å²) >= 11 is 0. The van der Waals surface area contributed by atoms with Crippen molar-refractivity contribution in [3.8, 4) is 5.69 Å². The van der Waals surface area contributed by atoms with Crippen LogP contribution in [0.4, 0.5) is 4.39 Å². The van der Waals surface area contributed by atoms with Crippen LogP contribution in [0.15, 0.2) is 24.4 Å². The van der Waals surface area contributed by atoms with Crippen LogP contribution >= 0.6 is 0 Å². The van der Waals surface area contributed by atoms with E-state index < -0.39 is 0 Å². The molecule has 0 saturated heterocycles. The summed E-state index contributed by atoms with van der Waals surface area (Å²) < 4.78 is 15.0. The van der Waals surface area contributed by atoms with Gasteiger partial charge in [-0.1, -0.05) is 19.1 Å². The molecule has 1 aromatic heterocycles. The minimum absolute atomic E-state index is 0.107. The van der Waals surface area contributed by atoms with E-state index in [9.17, 15) is 4.39 Å². The Balaban J connectivity index is 2.42. The van der Waals surface area contributed by atoms with Gasteiger partial charge in [0.1, 0.15) is 11.5 Å². The zero-order valence-electron chi connectivity index (χ0n) is 9.76. The van der Waals surface area contributed by atoms with Crippen LogP contribution < -0.4 is 0 Å². The van der Waals surface area contributed by atoms with Crippen LogP contribution in [0, 0.1) is 5.82 Å². The summed E-state index contributed by atoms with van der Waals surface area (Å²) in [5.74, 6) is -0.109. The lowest BCUT2D eigenvalue weighted by Gasteiger charge is -2.09. The number of hydrogen-bond donors (Lipinski definition) is 1. The first-order valence-electron chi connectivity index (χ1n) is 5.43. The minimum atomic E-state index is -0.216. The molecule has 2 rings (SSSR count). The summed E-state index contributed by atoms with van der Waals surface area (Å²) in [6.07, 6.45) is 1.62. The van der Waals surface area contributed by atoms with E-state index in [-0.39, 0.29) is 18.3 Å². The summed E-state index contributed by atoms with van der Waals surface area (Å²) in [6.45, 7) is 3.71. The highest BCUT2D eigenvalue weighted by molar-refractivity contribution is 5.37. The van der Waals surface area contributed by atoms with Gasteiger partial charge < -0.3 is 5.11 Å². The fraction of sp³-hybridized carbons (Fsp3) is 0.333. The van der Waals surface area contributed by atoms with Crippen molar-refractivity contribution in [2.24, 2.45) is 0 Å². The molecule has 2 aromatic rings. The number of rotatable bonds is 3. The van der Waals surface area contributed by atoms with E-state index in [0.29, 0.717) is 11.3 Å². The fourth-order valence-corrected chi connectivity index (χ4v) is 1.61. The average molecular weight is 235 g/mol. The minimum Gasteiger partial charge on any atom is -0.390 e. The van der Waals surface area contributed by atoms with E-state index in [1.165, 1.54) is 10.7 Å². The van der Waals surface area contributed by atoms with Crippen LogP contribution in [0.5, 0.6) is 0 Å². The molecule has 0 aliphatic heterocycles. The Kier molecular flexibility index (Phi) is 3.19. The molecule has 0 bridgehead atoms. The smallest absolute Gasteiger partial charge is 0.126 e. The van der Waals surface area contributed by atoms with E-state index >= 15 is 0 Å². The molecule has 4 nitrogen and oxygen atoms in total. The molecule has 1 heterocycles. The summed E-state index contributed by atoms with van der Waals surface area (Å²) in [4.78, 5) is 0. The lowest BCUT2D eigenvalue weighted by molar-refractivity contribution is 0.276. The number of benzene rings is 1. The second-order valence-corrected chi connectivity index (χ2v) is 4.17. The van der Waals surface area contributed by atoms with Crippen molar-refractivity contribution in [3.05, 3.63) is 41.5 Å². The van der Waals surface area contributed by atoms with Gasteiger partial charge in [0.05, 0.1) is 18.5 Å². The van der Waals surface area contributed by atoms with Gasteiger partial charge >= 0.3 is 0 Å².